The molecule has 0 radical (unpaired) electrons. The van der Waals surface area contributed by atoms with Crippen molar-refractivity contribution in [2.24, 2.45) is 5.73 Å². The van der Waals surface area contributed by atoms with Crippen LogP contribution in [0.3, 0.4) is 0 Å². The molecule has 1 aromatic heterocycles. The zero-order chi connectivity index (χ0) is 11.3. The van der Waals surface area contributed by atoms with E-state index in [9.17, 15) is 8.78 Å². The Bertz CT molecular complexity index is 355. The first-order chi connectivity index (χ1) is 7.07. The normalized spacial score (nSPS) is 10.8. The maximum absolute atomic E-state index is 12.7. The van der Waals surface area contributed by atoms with Crippen LogP contribution in [0.4, 0.5) is 14.5 Å². The standard InChI is InChI=1S/C9H10F2N4/c10-9(11,5-13)6-15-8-2-1-7(3-12)14-4-8/h1-2,4,15H,5-6,13H2. The fourth-order valence-corrected chi connectivity index (χ4v) is 0.868. The lowest BCUT2D eigenvalue weighted by molar-refractivity contribution is 0.0254. The number of hydrogen-bond donors (Lipinski definition) is 2. The lowest BCUT2D eigenvalue weighted by Gasteiger charge is -2.14. The average Bonchev–Trinajstić information content (AvgIpc) is 2.27. The molecule has 0 spiro atoms. The molecule has 0 aliphatic carbocycles. The molecular formula is C9H10F2N4. The topological polar surface area (TPSA) is 74.7 Å². The Labute approximate surface area is 85.7 Å². The number of nitrogens with zero attached hydrogens (tertiary/aromatic N) is 2. The van der Waals surface area contributed by atoms with E-state index in [0.29, 0.717) is 5.69 Å². The van der Waals surface area contributed by atoms with E-state index in [4.69, 9.17) is 11.0 Å². The summed E-state index contributed by atoms with van der Waals surface area (Å²) in [5.74, 6) is -2.94. The summed E-state index contributed by atoms with van der Waals surface area (Å²) in [5.41, 5.74) is 5.54. The van der Waals surface area contributed by atoms with Crippen molar-refractivity contribution in [1.82, 2.24) is 4.98 Å². The molecule has 0 saturated heterocycles. The highest BCUT2D eigenvalue weighted by molar-refractivity contribution is 5.42. The van der Waals surface area contributed by atoms with E-state index in [1.807, 2.05) is 6.07 Å². The summed E-state index contributed by atoms with van der Waals surface area (Å²) in [6, 6.07) is 4.79. The van der Waals surface area contributed by atoms with Gasteiger partial charge in [-0.2, -0.15) is 5.26 Å². The van der Waals surface area contributed by atoms with Crippen LogP contribution in [0.2, 0.25) is 0 Å². The predicted octanol–water partition coefficient (Wildman–Crippen LogP) is 0.959. The maximum Gasteiger partial charge on any atom is 0.276 e. The molecular weight excluding hydrogens is 202 g/mol. The molecule has 0 amide bonds. The Morgan fingerprint density at radius 3 is 2.73 bits per heavy atom. The molecule has 1 heterocycles. The molecule has 0 aromatic carbocycles. The number of hydrogen-bond acceptors (Lipinski definition) is 4. The van der Waals surface area contributed by atoms with E-state index in [0.717, 1.165) is 0 Å². The number of nitriles is 1. The van der Waals surface area contributed by atoms with Gasteiger partial charge < -0.3 is 11.1 Å². The molecule has 1 rings (SSSR count). The number of nitrogens with two attached hydrogens (primary N) is 1. The molecule has 0 unspecified atom stereocenters. The number of anilines is 1. The molecule has 0 saturated carbocycles. The molecule has 0 aliphatic heterocycles. The second-order valence-electron chi connectivity index (χ2n) is 2.96. The van der Waals surface area contributed by atoms with Crippen molar-refractivity contribution in [1.29, 1.82) is 5.26 Å². The summed E-state index contributed by atoms with van der Waals surface area (Å²) in [5, 5.41) is 10.9. The van der Waals surface area contributed by atoms with E-state index in [1.54, 1.807) is 0 Å². The first-order valence-electron chi connectivity index (χ1n) is 4.25. The highest BCUT2D eigenvalue weighted by Crippen LogP contribution is 2.13. The van der Waals surface area contributed by atoms with Gasteiger partial charge in [-0.05, 0) is 12.1 Å². The van der Waals surface area contributed by atoms with Gasteiger partial charge in [-0.3, -0.25) is 0 Å². The van der Waals surface area contributed by atoms with Gasteiger partial charge in [0.1, 0.15) is 11.8 Å². The highest BCUT2D eigenvalue weighted by atomic mass is 19.3. The Morgan fingerprint density at radius 2 is 2.27 bits per heavy atom. The van der Waals surface area contributed by atoms with Crippen LogP contribution in [0.15, 0.2) is 18.3 Å². The number of alkyl halides is 2. The van der Waals surface area contributed by atoms with Gasteiger partial charge in [-0.25, -0.2) is 13.8 Å². The highest BCUT2D eigenvalue weighted by Gasteiger charge is 2.25. The molecule has 3 N–H and O–H groups in total. The predicted molar refractivity (Wildman–Crippen MR) is 51.4 cm³/mol. The second-order valence-corrected chi connectivity index (χ2v) is 2.96. The third-order valence-corrected chi connectivity index (χ3v) is 1.73. The van der Waals surface area contributed by atoms with Gasteiger partial charge in [0.2, 0.25) is 0 Å². The maximum atomic E-state index is 12.7. The molecule has 80 valence electrons. The molecule has 6 heteroatoms. The molecule has 15 heavy (non-hydrogen) atoms. The van der Waals surface area contributed by atoms with Gasteiger partial charge >= 0.3 is 0 Å². The van der Waals surface area contributed by atoms with E-state index >= 15 is 0 Å². The van der Waals surface area contributed by atoms with Crippen molar-refractivity contribution in [2.45, 2.75) is 5.92 Å². The summed E-state index contributed by atoms with van der Waals surface area (Å²) < 4.78 is 25.4. The first kappa shape index (κ1) is 11.3. The Balaban J connectivity index is 2.56. The van der Waals surface area contributed by atoms with Crippen LogP contribution >= 0.6 is 0 Å². The van der Waals surface area contributed by atoms with Crippen LogP contribution in [0.5, 0.6) is 0 Å². The van der Waals surface area contributed by atoms with Crippen molar-refractivity contribution in [3.8, 4) is 6.07 Å². The largest absolute Gasteiger partial charge is 0.378 e. The number of pyridine rings is 1. The Kier molecular flexibility index (Phi) is 3.52. The van der Waals surface area contributed by atoms with Gasteiger partial charge in [0, 0.05) is 0 Å². The van der Waals surface area contributed by atoms with Crippen LogP contribution < -0.4 is 11.1 Å². The number of halogens is 2. The molecule has 0 fully saturated rings. The smallest absolute Gasteiger partial charge is 0.276 e. The summed E-state index contributed by atoms with van der Waals surface area (Å²) in [7, 11) is 0. The fourth-order valence-electron chi connectivity index (χ4n) is 0.868. The third kappa shape index (κ3) is 3.48. The molecule has 0 aliphatic rings. The van der Waals surface area contributed by atoms with Gasteiger partial charge in [-0.1, -0.05) is 0 Å². The van der Waals surface area contributed by atoms with Crippen LogP contribution in [0.1, 0.15) is 5.69 Å². The van der Waals surface area contributed by atoms with Crippen molar-refractivity contribution < 1.29 is 8.78 Å². The first-order valence-corrected chi connectivity index (χ1v) is 4.25. The number of nitrogens with one attached hydrogen (secondary N) is 1. The summed E-state index contributed by atoms with van der Waals surface area (Å²) in [6.07, 6.45) is 1.32. The van der Waals surface area contributed by atoms with E-state index in [1.165, 1.54) is 18.3 Å². The van der Waals surface area contributed by atoms with Gasteiger partial charge in [0.25, 0.3) is 5.92 Å². The monoisotopic (exact) mass is 212 g/mol. The lowest BCUT2D eigenvalue weighted by Crippen LogP contribution is -2.35. The van der Waals surface area contributed by atoms with Gasteiger partial charge in [0.15, 0.2) is 0 Å². The molecule has 1 aromatic rings. The van der Waals surface area contributed by atoms with Crippen molar-refractivity contribution in [2.75, 3.05) is 18.4 Å². The van der Waals surface area contributed by atoms with Crippen LogP contribution in [-0.2, 0) is 0 Å². The second kappa shape index (κ2) is 4.66. The molecule has 0 bridgehead atoms. The Morgan fingerprint density at radius 1 is 1.53 bits per heavy atom. The van der Waals surface area contributed by atoms with Crippen LogP contribution in [0, 0.1) is 11.3 Å². The zero-order valence-electron chi connectivity index (χ0n) is 7.87. The van der Waals surface area contributed by atoms with Crippen LogP contribution in [0.25, 0.3) is 0 Å². The quantitative estimate of drug-likeness (QED) is 0.779. The third-order valence-electron chi connectivity index (χ3n) is 1.73. The molecule has 0 atom stereocenters. The SMILES string of the molecule is N#Cc1ccc(NCC(F)(F)CN)cn1. The zero-order valence-corrected chi connectivity index (χ0v) is 7.87. The van der Waals surface area contributed by atoms with Gasteiger partial charge in [-0.15, -0.1) is 0 Å². The minimum Gasteiger partial charge on any atom is -0.378 e. The van der Waals surface area contributed by atoms with Crippen molar-refractivity contribution in [3.63, 3.8) is 0 Å². The number of rotatable bonds is 4. The van der Waals surface area contributed by atoms with E-state index in [2.05, 4.69) is 10.3 Å². The minimum atomic E-state index is -2.94. The van der Waals surface area contributed by atoms with Crippen molar-refractivity contribution >= 4 is 5.69 Å². The number of aromatic nitrogens is 1. The lowest BCUT2D eigenvalue weighted by atomic mass is 10.3. The van der Waals surface area contributed by atoms with Crippen molar-refractivity contribution in [3.05, 3.63) is 24.0 Å². The fraction of sp³-hybridized carbons (Fsp3) is 0.333. The average molecular weight is 212 g/mol. The minimum absolute atomic E-state index is 0.242. The summed E-state index contributed by atoms with van der Waals surface area (Å²) in [6.45, 7) is -1.25. The summed E-state index contributed by atoms with van der Waals surface area (Å²) >= 11 is 0. The van der Waals surface area contributed by atoms with Crippen LogP contribution in [-0.4, -0.2) is 24.0 Å². The van der Waals surface area contributed by atoms with E-state index < -0.39 is 19.0 Å². The van der Waals surface area contributed by atoms with Gasteiger partial charge in [0.05, 0.1) is 25.0 Å². The Hall–Kier alpha value is -1.74. The molecule has 4 nitrogen and oxygen atoms in total. The summed E-state index contributed by atoms with van der Waals surface area (Å²) in [4.78, 5) is 3.72. The van der Waals surface area contributed by atoms with E-state index in [-0.39, 0.29) is 5.69 Å².